The summed E-state index contributed by atoms with van der Waals surface area (Å²) in [7, 11) is 0. The first-order valence-corrected chi connectivity index (χ1v) is 6.29. The minimum absolute atomic E-state index is 0.0670. The molecule has 20 heavy (non-hydrogen) atoms. The van der Waals surface area contributed by atoms with Crippen molar-refractivity contribution in [1.82, 2.24) is 10.6 Å². The zero-order valence-electron chi connectivity index (χ0n) is 11.9. The highest BCUT2D eigenvalue weighted by molar-refractivity contribution is 5.92. The van der Waals surface area contributed by atoms with Gasteiger partial charge in [-0.3, -0.25) is 9.59 Å². The van der Waals surface area contributed by atoms with E-state index in [4.69, 9.17) is 5.73 Å². The SMILES string of the molecule is CC(C)(C)NC(=O)CNCc1cc(C(N)=O)ccc1F. The van der Waals surface area contributed by atoms with E-state index in [1.54, 1.807) is 0 Å². The van der Waals surface area contributed by atoms with Crippen LogP contribution in [0, 0.1) is 5.82 Å². The number of primary amides is 1. The van der Waals surface area contributed by atoms with E-state index in [0.29, 0.717) is 5.56 Å². The summed E-state index contributed by atoms with van der Waals surface area (Å²) in [5.41, 5.74) is 5.36. The van der Waals surface area contributed by atoms with Crippen LogP contribution in [0.25, 0.3) is 0 Å². The predicted molar refractivity (Wildman–Crippen MR) is 74.5 cm³/mol. The molecule has 6 heteroatoms. The molecule has 0 saturated heterocycles. The minimum Gasteiger partial charge on any atom is -0.366 e. The van der Waals surface area contributed by atoms with Gasteiger partial charge in [-0.1, -0.05) is 0 Å². The molecule has 2 amide bonds. The molecule has 0 bridgehead atoms. The van der Waals surface area contributed by atoms with Crippen molar-refractivity contribution in [1.29, 1.82) is 0 Å². The second kappa shape index (κ2) is 6.47. The van der Waals surface area contributed by atoms with E-state index in [-0.39, 0.29) is 30.1 Å². The van der Waals surface area contributed by atoms with Gasteiger partial charge in [0.1, 0.15) is 5.82 Å². The molecule has 0 fully saturated rings. The van der Waals surface area contributed by atoms with Crippen LogP contribution in [0.15, 0.2) is 18.2 Å². The van der Waals surface area contributed by atoms with Crippen molar-refractivity contribution in [2.24, 2.45) is 5.73 Å². The molecule has 0 radical (unpaired) electrons. The molecule has 0 saturated carbocycles. The van der Waals surface area contributed by atoms with Crippen molar-refractivity contribution in [3.8, 4) is 0 Å². The van der Waals surface area contributed by atoms with Gasteiger partial charge in [-0.25, -0.2) is 4.39 Å². The van der Waals surface area contributed by atoms with Gasteiger partial charge in [-0.05, 0) is 39.0 Å². The smallest absolute Gasteiger partial charge is 0.248 e. The fraction of sp³-hybridized carbons (Fsp3) is 0.429. The molecule has 110 valence electrons. The number of amides is 2. The third-order valence-corrected chi connectivity index (χ3v) is 2.45. The molecule has 0 heterocycles. The number of halogens is 1. The highest BCUT2D eigenvalue weighted by atomic mass is 19.1. The van der Waals surface area contributed by atoms with Crippen molar-refractivity contribution >= 4 is 11.8 Å². The number of rotatable bonds is 5. The Morgan fingerprint density at radius 1 is 1.30 bits per heavy atom. The maximum Gasteiger partial charge on any atom is 0.248 e. The monoisotopic (exact) mass is 281 g/mol. The lowest BCUT2D eigenvalue weighted by molar-refractivity contribution is -0.121. The lowest BCUT2D eigenvalue weighted by atomic mass is 10.1. The summed E-state index contributed by atoms with van der Waals surface area (Å²) in [6.45, 7) is 5.84. The number of nitrogens with one attached hydrogen (secondary N) is 2. The van der Waals surface area contributed by atoms with Gasteiger partial charge in [0, 0.05) is 23.2 Å². The van der Waals surface area contributed by atoms with Crippen LogP contribution < -0.4 is 16.4 Å². The normalized spacial score (nSPS) is 11.2. The standard InChI is InChI=1S/C14H20FN3O2/c1-14(2,3)18-12(19)8-17-7-10-6-9(13(16)20)4-5-11(10)15/h4-6,17H,7-8H2,1-3H3,(H2,16,20)(H,18,19). The number of carbonyl (C=O) groups is 2. The average molecular weight is 281 g/mol. The van der Waals surface area contributed by atoms with Crippen LogP contribution in [0.5, 0.6) is 0 Å². The Kier molecular flexibility index (Phi) is 5.21. The first-order valence-electron chi connectivity index (χ1n) is 6.29. The summed E-state index contributed by atoms with van der Waals surface area (Å²) in [4.78, 5) is 22.6. The quantitative estimate of drug-likeness (QED) is 0.750. The van der Waals surface area contributed by atoms with E-state index >= 15 is 0 Å². The molecule has 0 unspecified atom stereocenters. The van der Waals surface area contributed by atoms with Crippen LogP contribution in [-0.4, -0.2) is 23.9 Å². The number of hydrogen-bond donors (Lipinski definition) is 3. The van der Waals surface area contributed by atoms with Gasteiger partial charge in [0.15, 0.2) is 0 Å². The molecule has 0 aliphatic carbocycles. The van der Waals surface area contributed by atoms with Crippen molar-refractivity contribution in [3.05, 3.63) is 35.1 Å². The third-order valence-electron chi connectivity index (χ3n) is 2.45. The maximum atomic E-state index is 13.5. The Morgan fingerprint density at radius 2 is 1.95 bits per heavy atom. The number of hydrogen-bond acceptors (Lipinski definition) is 3. The Hall–Kier alpha value is -1.95. The highest BCUT2D eigenvalue weighted by Gasteiger charge is 2.13. The molecular weight excluding hydrogens is 261 g/mol. The molecule has 0 aliphatic rings. The Morgan fingerprint density at radius 3 is 2.50 bits per heavy atom. The van der Waals surface area contributed by atoms with E-state index in [2.05, 4.69) is 10.6 Å². The van der Waals surface area contributed by atoms with Crippen LogP contribution in [0.4, 0.5) is 4.39 Å². The van der Waals surface area contributed by atoms with Gasteiger partial charge in [0.05, 0.1) is 6.54 Å². The first-order chi connectivity index (χ1) is 9.19. The summed E-state index contributed by atoms with van der Waals surface area (Å²) >= 11 is 0. The van der Waals surface area contributed by atoms with E-state index in [1.807, 2.05) is 20.8 Å². The lowest BCUT2D eigenvalue weighted by Gasteiger charge is -2.20. The number of benzene rings is 1. The first kappa shape index (κ1) is 16.1. The summed E-state index contributed by atoms with van der Waals surface area (Å²) in [5.74, 6) is -1.24. The molecule has 0 spiro atoms. The molecular formula is C14H20FN3O2. The molecule has 0 aliphatic heterocycles. The summed E-state index contributed by atoms with van der Waals surface area (Å²) in [5, 5.41) is 5.61. The van der Waals surface area contributed by atoms with Gasteiger partial charge in [0.25, 0.3) is 0 Å². The molecule has 1 aromatic rings. The number of nitrogens with two attached hydrogens (primary N) is 1. The topological polar surface area (TPSA) is 84.2 Å². The molecule has 1 rings (SSSR count). The van der Waals surface area contributed by atoms with Crippen LogP contribution >= 0.6 is 0 Å². The largest absolute Gasteiger partial charge is 0.366 e. The second-order valence-corrected chi connectivity index (χ2v) is 5.57. The van der Waals surface area contributed by atoms with Crippen molar-refractivity contribution < 1.29 is 14.0 Å². The van der Waals surface area contributed by atoms with E-state index < -0.39 is 11.7 Å². The minimum atomic E-state index is -0.614. The van der Waals surface area contributed by atoms with Crippen LogP contribution in [-0.2, 0) is 11.3 Å². The van der Waals surface area contributed by atoms with Crippen molar-refractivity contribution in [2.45, 2.75) is 32.9 Å². The fourth-order valence-electron chi connectivity index (χ4n) is 1.64. The van der Waals surface area contributed by atoms with E-state index in [1.165, 1.54) is 18.2 Å². The second-order valence-electron chi connectivity index (χ2n) is 5.57. The zero-order valence-corrected chi connectivity index (χ0v) is 11.9. The Labute approximate surface area is 117 Å². The predicted octanol–water partition coefficient (Wildman–Crippen LogP) is 0.929. The van der Waals surface area contributed by atoms with Gasteiger partial charge < -0.3 is 16.4 Å². The van der Waals surface area contributed by atoms with E-state index in [9.17, 15) is 14.0 Å². The third kappa shape index (κ3) is 5.36. The van der Waals surface area contributed by atoms with Gasteiger partial charge in [0.2, 0.25) is 11.8 Å². The lowest BCUT2D eigenvalue weighted by Crippen LogP contribution is -2.44. The van der Waals surface area contributed by atoms with E-state index in [0.717, 1.165) is 0 Å². The van der Waals surface area contributed by atoms with Crippen LogP contribution in [0.1, 0.15) is 36.7 Å². The maximum absolute atomic E-state index is 13.5. The van der Waals surface area contributed by atoms with Crippen molar-refractivity contribution in [2.75, 3.05) is 6.54 Å². The fourth-order valence-corrected chi connectivity index (χ4v) is 1.64. The Balaban J connectivity index is 2.56. The van der Waals surface area contributed by atoms with Gasteiger partial charge in [-0.15, -0.1) is 0 Å². The average Bonchev–Trinajstić information content (AvgIpc) is 2.28. The molecule has 0 aromatic heterocycles. The zero-order chi connectivity index (χ0) is 15.3. The number of carbonyl (C=O) groups excluding carboxylic acids is 2. The summed E-state index contributed by atoms with van der Waals surface area (Å²) in [6, 6.07) is 3.89. The van der Waals surface area contributed by atoms with Crippen LogP contribution in [0.3, 0.4) is 0 Å². The molecule has 4 N–H and O–H groups in total. The molecule has 0 atom stereocenters. The summed E-state index contributed by atoms with van der Waals surface area (Å²) in [6.07, 6.45) is 0. The molecule has 5 nitrogen and oxygen atoms in total. The summed E-state index contributed by atoms with van der Waals surface area (Å²) < 4.78 is 13.5. The van der Waals surface area contributed by atoms with Crippen LogP contribution in [0.2, 0.25) is 0 Å². The van der Waals surface area contributed by atoms with Gasteiger partial charge in [-0.2, -0.15) is 0 Å². The van der Waals surface area contributed by atoms with Gasteiger partial charge >= 0.3 is 0 Å². The molecule has 1 aromatic carbocycles. The van der Waals surface area contributed by atoms with Crippen molar-refractivity contribution in [3.63, 3.8) is 0 Å². The Bertz CT molecular complexity index is 510. The highest BCUT2D eigenvalue weighted by Crippen LogP contribution is 2.10.